The molecule has 1 saturated heterocycles. The SMILES string of the molecule is COC(=O)c1c(NC(=O)CN2CCN(c3ccc(OC)cc3)CC2)sc(C)c1C. The first-order valence-corrected chi connectivity index (χ1v) is 10.3. The van der Waals surface area contributed by atoms with Crippen molar-refractivity contribution in [1.29, 1.82) is 0 Å². The lowest BCUT2D eigenvalue weighted by molar-refractivity contribution is -0.117. The fraction of sp³-hybridized carbons (Fsp3) is 0.429. The first-order chi connectivity index (χ1) is 13.9. The summed E-state index contributed by atoms with van der Waals surface area (Å²) in [5.74, 6) is 0.305. The zero-order valence-corrected chi connectivity index (χ0v) is 18.1. The molecular weight excluding hydrogens is 390 g/mol. The number of hydrogen-bond donors (Lipinski definition) is 1. The van der Waals surface area contributed by atoms with Crippen LogP contribution in [0.5, 0.6) is 5.75 Å². The topological polar surface area (TPSA) is 71.1 Å². The van der Waals surface area contributed by atoms with Gasteiger partial charge in [-0.15, -0.1) is 11.3 Å². The average Bonchev–Trinajstić information content (AvgIpc) is 3.01. The molecule has 0 atom stereocenters. The third-order valence-electron chi connectivity index (χ3n) is 5.20. The van der Waals surface area contributed by atoms with Gasteiger partial charge >= 0.3 is 5.97 Å². The fourth-order valence-electron chi connectivity index (χ4n) is 3.39. The summed E-state index contributed by atoms with van der Waals surface area (Å²) in [4.78, 5) is 30.0. The summed E-state index contributed by atoms with van der Waals surface area (Å²) in [5.41, 5.74) is 2.46. The molecule has 1 aromatic heterocycles. The van der Waals surface area contributed by atoms with Crippen molar-refractivity contribution < 1.29 is 19.1 Å². The molecule has 1 amide bonds. The minimum atomic E-state index is -0.421. The number of methoxy groups -OCH3 is 2. The van der Waals surface area contributed by atoms with Crippen molar-refractivity contribution in [3.05, 3.63) is 40.3 Å². The van der Waals surface area contributed by atoms with E-state index in [2.05, 4.69) is 27.2 Å². The summed E-state index contributed by atoms with van der Waals surface area (Å²) in [6, 6.07) is 8.02. The number of thiophene rings is 1. The van der Waals surface area contributed by atoms with Gasteiger partial charge in [-0.25, -0.2) is 4.79 Å². The lowest BCUT2D eigenvalue weighted by Gasteiger charge is -2.35. The van der Waals surface area contributed by atoms with Gasteiger partial charge in [0.1, 0.15) is 10.8 Å². The molecule has 0 unspecified atom stereocenters. The van der Waals surface area contributed by atoms with E-state index < -0.39 is 5.97 Å². The molecule has 1 aliphatic rings. The number of aryl methyl sites for hydroxylation is 1. The van der Waals surface area contributed by atoms with Crippen LogP contribution in [0.4, 0.5) is 10.7 Å². The highest BCUT2D eigenvalue weighted by atomic mass is 32.1. The predicted molar refractivity (Wildman–Crippen MR) is 115 cm³/mol. The largest absolute Gasteiger partial charge is 0.497 e. The van der Waals surface area contributed by atoms with Crippen LogP contribution in [0.2, 0.25) is 0 Å². The summed E-state index contributed by atoms with van der Waals surface area (Å²) >= 11 is 1.41. The van der Waals surface area contributed by atoms with Crippen molar-refractivity contribution >= 4 is 33.9 Å². The molecule has 1 fully saturated rings. The summed E-state index contributed by atoms with van der Waals surface area (Å²) in [6.07, 6.45) is 0. The molecule has 1 aromatic carbocycles. The summed E-state index contributed by atoms with van der Waals surface area (Å²) < 4.78 is 10.1. The average molecular weight is 418 g/mol. The van der Waals surface area contributed by atoms with E-state index in [0.29, 0.717) is 17.1 Å². The van der Waals surface area contributed by atoms with Crippen molar-refractivity contribution in [2.45, 2.75) is 13.8 Å². The number of benzene rings is 1. The number of carbonyl (C=O) groups excluding carboxylic acids is 2. The Bertz CT molecular complexity index is 871. The molecule has 29 heavy (non-hydrogen) atoms. The molecule has 2 aromatic rings. The summed E-state index contributed by atoms with van der Waals surface area (Å²) in [6.45, 7) is 7.39. The van der Waals surface area contributed by atoms with Crippen LogP contribution < -0.4 is 15.0 Å². The Balaban J connectivity index is 1.55. The van der Waals surface area contributed by atoms with Crippen LogP contribution in [0, 0.1) is 13.8 Å². The fourth-order valence-corrected chi connectivity index (χ4v) is 4.45. The number of nitrogens with zero attached hydrogens (tertiary/aromatic N) is 2. The van der Waals surface area contributed by atoms with Gasteiger partial charge in [-0.2, -0.15) is 0 Å². The van der Waals surface area contributed by atoms with Gasteiger partial charge in [0.2, 0.25) is 5.91 Å². The zero-order chi connectivity index (χ0) is 21.0. The van der Waals surface area contributed by atoms with E-state index in [-0.39, 0.29) is 5.91 Å². The van der Waals surface area contributed by atoms with Crippen LogP contribution in [0.3, 0.4) is 0 Å². The highest BCUT2D eigenvalue weighted by Gasteiger charge is 2.23. The number of anilines is 2. The monoisotopic (exact) mass is 417 g/mol. The Hall–Kier alpha value is -2.58. The Morgan fingerprint density at radius 3 is 2.31 bits per heavy atom. The Morgan fingerprint density at radius 1 is 1.07 bits per heavy atom. The molecule has 1 N–H and O–H groups in total. The van der Waals surface area contributed by atoms with Crippen LogP contribution in [-0.4, -0.2) is 63.7 Å². The maximum Gasteiger partial charge on any atom is 0.341 e. The Labute approximate surface area is 175 Å². The van der Waals surface area contributed by atoms with E-state index in [4.69, 9.17) is 9.47 Å². The van der Waals surface area contributed by atoms with Crippen molar-refractivity contribution in [1.82, 2.24) is 4.90 Å². The third-order valence-corrected chi connectivity index (χ3v) is 6.33. The Morgan fingerprint density at radius 2 is 1.72 bits per heavy atom. The lowest BCUT2D eigenvalue weighted by atomic mass is 10.1. The van der Waals surface area contributed by atoms with Crippen LogP contribution >= 0.6 is 11.3 Å². The van der Waals surface area contributed by atoms with Gasteiger partial charge < -0.3 is 19.7 Å². The molecule has 8 heteroatoms. The van der Waals surface area contributed by atoms with Crippen molar-refractivity contribution in [3.8, 4) is 5.75 Å². The number of esters is 1. The normalized spacial score (nSPS) is 14.6. The van der Waals surface area contributed by atoms with Gasteiger partial charge in [-0.05, 0) is 43.7 Å². The van der Waals surface area contributed by atoms with Crippen molar-refractivity contribution in [2.24, 2.45) is 0 Å². The van der Waals surface area contributed by atoms with Crippen LogP contribution in [0.25, 0.3) is 0 Å². The van der Waals surface area contributed by atoms with Crippen molar-refractivity contribution in [3.63, 3.8) is 0 Å². The van der Waals surface area contributed by atoms with Crippen LogP contribution in [0.1, 0.15) is 20.8 Å². The second-order valence-corrected chi connectivity index (χ2v) is 8.21. The number of carbonyl (C=O) groups is 2. The van der Waals surface area contributed by atoms with Gasteiger partial charge in [0, 0.05) is 36.7 Å². The van der Waals surface area contributed by atoms with E-state index >= 15 is 0 Å². The third kappa shape index (κ3) is 4.89. The first kappa shape index (κ1) is 21.1. The second kappa shape index (κ2) is 9.28. The smallest absolute Gasteiger partial charge is 0.341 e. The number of rotatable bonds is 6. The van der Waals surface area contributed by atoms with E-state index in [0.717, 1.165) is 48.1 Å². The van der Waals surface area contributed by atoms with Gasteiger partial charge in [0.15, 0.2) is 0 Å². The van der Waals surface area contributed by atoms with E-state index in [9.17, 15) is 9.59 Å². The van der Waals surface area contributed by atoms with Crippen LogP contribution in [-0.2, 0) is 9.53 Å². The maximum absolute atomic E-state index is 12.6. The molecule has 1 aliphatic heterocycles. The van der Waals surface area contributed by atoms with E-state index in [1.54, 1.807) is 7.11 Å². The molecule has 0 aliphatic carbocycles. The van der Waals surface area contributed by atoms with Gasteiger partial charge in [-0.3, -0.25) is 9.69 Å². The predicted octanol–water partition coefficient (Wildman–Crippen LogP) is 2.92. The number of nitrogens with one attached hydrogen (secondary N) is 1. The number of piperazine rings is 1. The Kier molecular flexibility index (Phi) is 6.76. The van der Waals surface area contributed by atoms with Gasteiger partial charge in [0.05, 0.1) is 26.3 Å². The number of ether oxygens (including phenoxy) is 2. The molecular formula is C21H27N3O4S. The van der Waals surface area contributed by atoms with Crippen molar-refractivity contribution in [2.75, 3.05) is 57.2 Å². The minimum absolute atomic E-state index is 0.116. The van der Waals surface area contributed by atoms with Gasteiger partial charge in [-0.1, -0.05) is 0 Å². The molecule has 2 heterocycles. The number of amides is 1. The molecule has 0 bridgehead atoms. The van der Waals surface area contributed by atoms with Crippen LogP contribution in [0.15, 0.2) is 24.3 Å². The minimum Gasteiger partial charge on any atom is -0.497 e. The van der Waals surface area contributed by atoms with E-state index in [1.807, 2.05) is 26.0 Å². The highest BCUT2D eigenvalue weighted by Crippen LogP contribution is 2.33. The molecule has 0 radical (unpaired) electrons. The molecule has 156 valence electrons. The molecule has 0 saturated carbocycles. The quantitative estimate of drug-likeness (QED) is 0.729. The highest BCUT2D eigenvalue weighted by molar-refractivity contribution is 7.16. The summed E-state index contributed by atoms with van der Waals surface area (Å²) in [5, 5.41) is 3.46. The zero-order valence-electron chi connectivity index (χ0n) is 17.3. The second-order valence-electron chi connectivity index (χ2n) is 6.99. The first-order valence-electron chi connectivity index (χ1n) is 9.52. The maximum atomic E-state index is 12.6. The molecule has 0 spiro atoms. The summed E-state index contributed by atoms with van der Waals surface area (Å²) in [7, 11) is 3.01. The van der Waals surface area contributed by atoms with E-state index in [1.165, 1.54) is 18.4 Å². The number of hydrogen-bond acceptors (Lipinski definition) is 7. The standard InChI is InChI=1S/C21H27N3O4S/c1-14-15(2)29-20(19(14)21(26)28-4)22-18(25)13-23-9-11-24(12-10-23)16-5-7-17(27-3)8-6-16/h5-8H,9-13H2,1-4H3,(H,22,25). The lowest BCUT2D eigenvalue weighted by Crippen LogP contribution is -2.48. The molecule has 7 nitrogen and oxygen atoms in total. The molecule has 3 rings (SSSR count). The van der Waals surface area contributed by atoms with Gasteiger partial charge in [0.25, 0.3) is 0 Å².